The lowest BCUT2D eigenvalue weighted by Gasteiger charge is -2.37. The fourth-order valence-corrected chi connectivity index (χ4v) is 4.97. The highest BCUT2D eigenvalue weighted by molar-refractivity contribution is 5.96. The Morgan fingerprint density at radius 2 is 1.93 bits per heavy atom. The summed E-state index contributed by atoms with van der Waals surface area (Å²) in [7, 11) is 0. The SMILES string of the molecule is Cl.Cl.O=C(Nc1ccc(Cn2cnc3ccccc32)cc1)[C@@]12CCCC[C@H]1CNC2. The minimum absolute atomic E-state index is 0. The van der Waals surface area contributed by atoms with Crippen LogP contribution in [0.1, 0.15) is 31.2 Å². The second kappa shape index (κ2) is 9.38. The Hall–Kier alpha value is -2.08. The fourth-order valence-electron chi connectivity index (χ4n) is 4.97. The summed E-state index contributed by atoms with van der Waals surface area (Å²) < 4.78 is 2.15. The molecule has 1 saturated heterocycles. The highest BCUT2D eigenvalue weighted by Crippen LogP contribution is 2.44. The van der Waals surface area contributed by atoms with Crippen LogP contribution in [0.25, 0.3) is 11.0 Å². The summed E-state index contributed by atoms with van der Waals surface area (Å²) >= 11 is 0. The molecule has 2 aromatic carbocycles. The molecule has 7 heteroatoms. The molecule has 5 nitrogen and oxygen atoms in total. The highest BCUT2D eigenvalue weighted by atomic mass is 35.5. The molecule has 1 aromatic heterocycles. The number of nitrogens with zero attached hydrogens (tertiary/aromatic N) is 2. The number of amides is 1. The van der Waals surface area contributed by atoms with Crippen LogP contribution in [-0.2, 0) is 11.3 Å². The largest absolute Gasteiger partial charge is 0.326 e. The number of rotatable bonds is 4. The van der Waals surface area contributed by atoms with Gasteiger partial charge in [-0.15, -0.1) is 24.8 Å². The summed E-state index contributed by atoms with van der Waals surface area (Å²) in [6.07, 6.45) is 6.46. The molecule has 1 saturated carbocycles. The van der Waals surface area contributed by atoms with Crippen molar-refractivity contribution in [1.29, 1.82) is 0 Å². The zero-order chi connectivity index (χ0) is 19.0. The van der Waals surface area contributed by atoms with Gasteiger partial charge in [0.2, 0.25) is 5.91 Å². The van der Waals surface area contributed by atoms with Crippen molar-refractivity contribution >= 4 is 47.4 Å². The maximum Gasteiger partial charge on any atom is 0.232 e. The topological polar surface area (TPSA) is 59.0 Å². The average Bonchev–Trinajstić information content (AvgIpc) is 3.35. The number of para-hydroxylation sites is 2. The lowest BCUT2D eigenvalue weighted by molar-refractivity contribution is -0.128. The van der Waals surface area contributed by atoms with Crippen LogP contribution in [0.5, 0.6) is 0 Å². The Morgan fingerprint density at radius 3 is 2.77 bits per heavy atom. The van der Waals surface area contributed by atoms with E-state index in [1.165, 1.54) is 12.0 Å². The Bertz CT molecular complexity index is 1000. The summed E-state index contributed by atoms with van der Waals surface area (Å²) in [5, 5.41) is 6.64. The van der Waals surface area contributed by atoms with Crippen LogP contribution in [0, 0.1) is 11.3 Å². The molecular formula is C23H28Cl2N4O. The van der Waals surface area contributed by atoms with Crippen LogP contribution in [-0.4, -0.2) is 28.5 Å². The minimum Gasteiger partial charge on any atom is -0.326 e. The third kappa shape index (κ3) is 4.07. The molecule has 0 spiro atoms. The quantitative estimate of drug-likeness (QED) is 0.613. The molecule has 30 heavy (non-hydrogen) atoms. The molecule has 1 aliphatic heterocycles. The molecule has 0 bridgehead atoms. The molecule has 1 aliphatic carbocycles. The maximum atomic E-state index is 13.1. The lowest BCUT2D eigenvalue weighted by atomic mass is 9.67. The smallest absolute Gasteiger partial charge is 0.232 e. The van der Waals surface area contributed by atoms with Crippen LogP contribution in [0.3, 0.4) is 0 Å². The molecule has 2 heterocycles. The number of fused-ring (bicyclic) bond motifs is 2. The van der Waals surface area contributed by atoms with Crippen LogP contribution >= 0.6 is 24.8 Å². The van der Waals surface area contributed by atoms with E-state index in [1.54, 1.807) is 0 Å². The Morgan fingerprint density at radius 1 is 1.13 bits per heavy atom. The van der Waals surface area contributed by atoms with Crippen molar-refractivity contribution in [3.63, 3.8) is 0 Å². The number of nitrogens with one attached hydrogen (secondary N) is 2. The van der Waals surface area contributed by atoms with E-state index in [0.717, 1.165) is 55.6 Å². The normalized spacial score (nSPS) is 22.6. The van der Waals surface area contributed by atoms with E-state index in [1.807, 2.05) is 36.7 Å². The van der Waals surface area contributed by atoms with E-state index in [0.29, 0.717) is 5.92 Å². The Balaban J connectivity index is 0.00000128. The number of carbonyl (C=O) groups is 1. The second-order valence-electron chi connectivity index (χ2n) is 8.24. The third-order valence-electron chi connectivity index (χ3n) is 6.58. The molecular weight excluding hydrogens is 419 g/mol. The molecule has 2 fully saturated rings. The van der Waals surface area contributed by atoms with Gasteiger partial charge in [0, 0.05) is 18.8 Å². The molecule has 5 rings (SSSR count). The van der Waals surface area contributed by atoms with Gasteiger partial charge in [0.15, 0.2) is 0 Å². The van der Waals surface area contributed by atoms with Crippen molar-refractivity contribution in [2.75, 3.05) is 18.4 Å². The highest BCUT2D eigenvalue weighted by Gasteiger charge is 2.49. The molecule has 0 radical (unpaired) electrons. The zero-order valence-electron chi connectivity index (χ0n) is 16.8. The first-order chi connectivity index (χ1) is 13.7. The van der Waals surface area contributed by atoms with Gasteiger partial charge in [0.05, 0.1) is 22.8 Å². The van der Waals surface area contributed by atoms with Gasteiger partial charge >= 0.3 is 0 Å². The molecule has 2 N–H and O–H groups in total. The monoisotopic (exact) mass is 446 g/mol. The van der Waals surface area contributed by atoms with E-state index in [4.69, 9.17) is 0 Å². The second-order valence-corrected chi connectivity index (χ2v) is 8.24. The standard InChI is InChI=1S/C23H26N4O.2ClH/c28-22(23-12-4-3-5-18(23)13-24-15-23)26-19-10-8-17(9-11-19)14-27-16-25-20-6-1-2-7-21(20)27;;/h1-2,6-11,16,18,24H,3-5,12-15H2,(H,26,28);2*1H/t18-,23+;;/m0../s1. The molecule has 3 aromatic rings. The summed E-state index contributed by atoms with van der Waals surface area (Å²) in [6.45, 7) is 2.56. The molecule has 2 atom stereocenters. The third-order valence-corrected chi connectivity index (χ3v) is 6.58. The maximum absolute atomic E-state index is 13.1. The van der Waals surface area contributed by atoms with Gasteiger partial charge in [-0.2, -0.15) is 0 Å². The first-order valence-corrected chi connectivity index (χ1v) is 10.3. The number of hydrogen-bond donors (Lipinski definition) is 2. The summed E-state index contributed by atoms with van der Waals surface area (Å²) in [6, 6.07) is 16.4. The fraction of sp³-hybridized carbons (Fsp3) is 0.391. The molecule has 1 amide bonds. The van der Waals surface area contributed by atoms with Crippen LogP contribution in [0.15, 0.2) is 54.9 Å². The van der Waals surface area contributed by atoms with Crippen molar-refractivity contribution in [3.05, 3.63) is 60.4 Å². The number of anilines is 1. The van der Waals surface area contributed by atoms with Crippen molar-refractivity contribution in [1.82, 2.24) is 14.9 Å². The summed E-state index contributed by atoms with van der Waals surface area (Å²) in [5.41, 5.74) is 4.01. The number of aromatic nitrogens is 2. The van der Waals surface area contributed by atoms with Gasteiger partial charge in [-0.3, -0.25) is 4.79 Å². The number of halogens is 2. The van der Waals surface area contributed by atoms with Crippen molar-refractivity contribution in [2.24, 2.45) is 11.3 Å². The Labute approximate surface area is 189 Å². The molecule has 160 valence electrons. The van der Waals surface area contributed by atoms with Gasteiger partial charge in [0.1, 0.15) is 0 Å². The van der Waals surface area contributed by atoms with Crippen LogP contribution in [0.4, 0.5) is 5.69 Å². The Kier molecular flexibility index (Phi) is 7.06. The number of carbonyl (C=O) groups excluding carboxylic acids is 1. The first kappa shape index (κ1) is 22.6. The van der Waals surface area contributed by atoms with Gasteiger partial charge in [0.25, 0.3) is 0 Å². The molecule has 0 unspecified atom stereocenters. The predicted molar refractivity (Wildman–Crippen MR) is 126 cm³/mol. The average molecular weight is 447 g/mol. The van der Waals surface area contributed by atoms with Crippen LogP contribution in [0.2, 0.25) is 0 Å². The van der Waals surface area contributed by atoms with Gasteiger partial charge in [-0.05, 0) is 55.1 Å². The minimum atomic E-state index is -0.216. The van der Waals surface area contributed by atoms with Crippen molar-refractivity contribution in [2.45, 2.75) is 32.2 Å². The van der Waals surface area contributed by atoms with Crippen molar-refractivity contribution in [3.8, 4) is 0 Å². The summed E-state index contributed by atoms with van der Waals surface area (Å²) in [5.74, 6) is 0.672. The molecule has 2 aliphatic rings. The predicted octanol–water partition coefficient (Wildman–Crippen LogP) is 4.65. The van der Waals surface area contributed by atoms with Gasteiger partial charge in [-0.1, -0.05) is 37.1 Å². The van der Waals surface area contributed by atoms with Crippen molar-refractivity contribution < 1.29 is 4.79 Å². The van der Waals surface area contributed by atoms with E-state index < -0.39 is 0 Å². The lowest BCUT2D eigenvalue weighted by Crippen LogP contribution is -2.44. The zero-order valence-corrected chi connectivity index (χ0v) is 18.5. The van der Waals surface area contributed by atoms with E-state index in [-0.39, 0.29) is 36.1 Å². The van der Waals surface area contributed by atoms with Crippen LogP contribution < -0.4 is 10.6 Å². The van der Waals surface area contributed by atoms with E-state index >= 15 is 0 Å². The number of benzene rings is 2. The first-order valence-electron chi connectivity index (χ1n) is 10.3. The number of imidazole rings is 1. The summed E-state index contributed by atoms with van der Waals surface area (Å²) in [4.78, 5) is 17.5. The van der Waals surface area contributed by atoms with E-state index in [2.05, 4.69) is 38.4 Å². The number of hydrogen-bond acceptors (Lipinski definition) is 3. The van der Waals surface area contributed by atoms with Gasteiger partial charge in [-0.25, -0.2) is 4.98 Å². The van der Waals surface area contributed by atoms with E-state index in [9.17, 15) is 4.79 Å². The van der Waals surface area contributed by atoms with Gasteiger partial charge < -0.3 is 15.2 Å².